The third-order valence-corrected chi connectivity index (χ3v) is 5.77. The first-order valence-corrected chi connectivity index (χ1v) is 8.56. The zero-order valence-electron chi connectivity index (χ0n) is 12.5. The van der Waals surface area contributed by atoms with Crippen molar-refractivity contribution in [2.45, 2.75) is 31.1 Å². The summed E-state index contributed by atoms with van der Waals surface area (Å²) in [6.45, 7) is 2.21. The minimum Gasteiger partial charge on any atom is -0.384 e. The lowest BCUT2D eigenvalue weighted by molar-refractivity contribution is 0.263. The molecule has 0 saturated heterocycles. The molecule has 1 aromatic carbocycles. The lowest BCUT2D eigenvalue weighted by Gasteiger charge is -2.29. The summed E-state index contributed by atoms with van der Waals surface area (Å²) in [5.74, 6) is 5.89. The van der Waals surface area contributed by atoms with E-state index in [1.54, 1.807) is 25.2 Å². The van der Waals surface area contributed by atoms with Crippen LogP contribution in [0.1, 0.15) is 30.4 Å². The van der Waals surface area contributed by atoms with Crippen molar-refractivity contribution in [1.29, 1.82) is 0 Å². The van der Waals surface area contributed by atoms with Gasteiger partial charge < -0.3 is 5.11 Å². The molecule has 21 heavy (non-hydrogen) atoms. The maximum Gasteiger partial charge on any atom is 0.242 e. The number of aliphatic hydroxyl groups is 1. The number of rotatable bonds is 4. The van der Waals surface area contributed by atoms with E-state index in [9.17, 15) is 8.42 Å². The van der Waals surface area contributed by atoms with Crippen LogP contribution in [0.3, 0.4) is 0 Å². The second kappa shape index (κ2) is 6.61. The fourth-order valence-corrected chi connectivity index (χ4v) is 3.72. The molecule has 1 saturated carbocycles. The van der Waals surface area contributed by atoms with Crippen molar-refractivity contribution in [2.24, 2.45) is 5.92 Å². The fourth-order valence-electron chi connectivity index (χ4n) is 2.39. The van der Waals surface area contributed by atoms with Gasteiger partial charge in [-0.25, -0.2) is 12.7 Å². The van der Waals surface area contributed by atoms with Crippen molar-refractivity contribution < 1.29 is 13.5 Å². The van der Waals surface area contributed by atoms with Crippen LogP contribution in [0.4, 0.5) is 0 Å². The Labute approximate surface area is 126 Å². The second-order valence-corrected chi connectivity index (χ2v) is 7.56. The quantitative estimate of drug-likeness (QED) is 0.862. The molecular weight excluding hydrogens is 286 g/mol. The monoisotopic (exact) mass is 307 g/mol. The molecule has 1 aliphatic rings. The number of hydrogen-bond donors (Lipinski definition) is 1. The largest absolute Gasteiger partial charge is 0.384 e. The van der Waals surface area contributed by atoms with Gasteiger partial charge in [-0.1, -0.05) is 18.3 Å². The molecule has 0 heterocycles. The summed E-state index contributed by atoms with van der Waals surface area (Å²) < 4.78 is 26.5. The normalized spacial score (nSPS) is 15.4. The number of hydrogen-bond acceptors (Lipinski definition) is 3. The molecule has 0 amide bonds. The van der Waals surface area contributed by atoms with Crippen molar-refractivity contribution in [3.63, 3.8) is 0 Å². The minimum atomic E-state index is -3.43. The summed E-state index contributed by atoms with van der Waals surface area (Å²) in [4.78, 5) is 0.302. The van der Waals surface area contributed by atoms with Crippen molar-refractivity contribution in [3.05, 3.63) is 29.3 Å². The second-order valence-electron chi connectivity index (χ2n) is 5.52. The molecule has 1 N–H and O–H groups in total. The number of aryl methyl sites for hydroxylation is 1. The first-order chi connectivity index (χ1) is 9.95. The maximum atomic E-state index is 12.5. The van der Waals surface area contributed by atoms with Gasteiger partial charge in [-0.2, -0.15) is 0 Å². The van der Waals surface area contributed by atoms with Crippen LogP contribution in [0.15, 0.2) is 23.1 Å². The SMILES string of the molecule is Cc1cc(S(=O)(=O)N(C)CC2CCC2)ccc1C#CCO. The molecule has 0 atom stereocenters. The van der Waals surface area contributed by atoms with Gasteiger partial charge in [-0.3, -0.25) is 0 Å². The van der Waals surface area contributed by atoms with Crippen LogP contribution >= 0.6 is 0 Å². The van der Waals surface area contributed by atoms with Crippen LogP contribution in [0.5, 0.6) is 0 Å². The lowest BCUT2D eigenvalue weighted by atomic mass is 9.86. The smallest absolute Gasteiger partial charge is 0.242 e. The van der Waals surface area contributed by atoms with Crippen molar-refractivity contribution in [1.82, 2.24) is 4.31 Å². The van der Waals surface area contributed by atoms with Crippen molar-refractivity contribution in [2.75, 3.05) is 20.2 Å². The van der Waals surface area contributed by atoms with E-state index in [1.807, 2.05) is 6.92 Å². The van der Waals surface area contributed by atoms with Crippen LogP contribution in [0.2, 0.25) is 0 Å². The van der Waals surface area contributed by atoms with Gasteiger partial charge in [0.05, 0.1) is 4.90 Å². The van der Waals surface area contributed by atoms with E-state index < -0.39 is 10.0 Å². The molecule has 114 valence electrons. The van der Waals surface area contributed by atoms with E-state index in [4.69, 9.17) is 5.11 Å². The van der Waals surface area contributed by atoms with E-state index in [0.717, 1.165) is 24.0 Å². The van der Waals surface area contributed by atoms with Gasteiger partial charge in [-0.15, -0.1) is 0 Å². The third-order valence-electron chi connectivity index (χ3n) is 3.95. The van der Waals surface area contributed by atoms with Gasteiger partial charge in [0, 0.05) is 19.2 Å². The average Bonchev–Trinajstić information content (AvgIpc) is 2.41. The summed E-state index contributed by atoms with van der Waals surface area (Å²) in [7, 11) is -1.79. The van der Waals surface area contributed by atoms with Crippen molar-refractivity contribution in [3.8, 4) is 11.8 Å². The third kappa shape index (κ3) is 3.65. The van der Waals surface area contributed by atoms with E-state index in [-0.39, 0.29) is 6.61 Å². The zero-order valence-corrected chi connectivity index (χ0v) is 13.3. The summed E-state index contributed by atoms with van der Waals surface area (Å²) >= 11 is 0. The molecule has 0 bridgehead atoms. The van der Waals surface area contributed by atoms with Gasteiger partial charge in [0.2, 0.25) is 10.0 Å². The molecule has 1 aromatic rings. The lowest BCUT2D eigenvalue weighted by Crippen LogP contribution is -2.34. The fraction of sp³-hybridized carbons (Fsp3) is 0.500. The Hall–Kier alpha value is -1.35. The highest BCUT2D eigenvalue weighted by molar-refractivity contribution is 7.89. The summed E-state index contributed by atoms with van der Waals surface area (Å²) in [5.41, 5.74) is 1.54. The number of nitrogens with zero attached hydrogens (tertiary/aromatic N) is 1. The molecule has 1 fully saturated rings. The highest BCUT2D eigenvalue weighted by atomic mass is 32.2. The van der Waals surface area contributed by atoms with E-state index >= 15 is 0 Å². The molecule has 1 aliphatic carbocycles. The first-order valence-electron chi connectivity index (χ1n) is 7.12. The highest BCUT2D eigenvalue weighted by Crippen LogP contribution is 2.28. The van der Waals surface area contributed by atoms with E-state index in [2.05, 4.69) is 11.8 Å². The highest BCUT2D eigenvalue weighted by Gasteiger charge is 2.26. The standard InChI is InChI=1S/C16H21NO3S/c1-13-11-16(9-8-15(13)7-4-10-18)21(19,20)17(2)12-14-5-3-6-14/h8-9,11,14,18H,3,5-6,10,12H2,1-2H3. The topological polar surface area (TPSA) is 57.6 Å². The van der Waals surface area contributed by atoms with Crippen LogP contribution < -0.4 is 0 Å². The molecular formula is C16H21NO3S. The number of benzene rings is 1. The number of sulfonamides is 1. The van der Waals surface area contributed by atoms with Gasteiger partial charge >= 0.3 is 0 Å². The Kier molecular flexibility index (Phi) is 5.04. The Morgan fingerprint density at radius 2 is 2.10 bits per heavy atom. The Bertz CT molecular complexity index is 666. The van der Waals surface area contributed by atoms with Crippen LogP contribution in [-0.2, 0) is 10.0 Å². The predicted molar refractivity (Wildman–Crippen MR) is 82.3 cm³/mol. The van der Waals surface area contributed by atoms with Crippen LogP contribution in [0, 0.1) is 24.7 Å². The van der Waals surface area contributed by atoms with Gasteiger partial charge in [0.25, 0.3) is 0 Å². The predicted octanol–water partition coefficient (Wildman–Crippen LogP) is 1.76. The first kappa shape index (κ1) is 16.0. The molecule has 0 unspecified atom stereocenters. The number of aliphatic hydroxyl groups excluding tert-OH is 1. The Morgan fingerprint density at radius 1 is 1.38 bits per heavy atom. The van der Waals surface area contributed by atoms with Crippen LogP contribution in [-0.4, -0.2) is 38.0 Å². The molecule has 0 aliphatic heterocycles. The van der Waals surface area contributed by atoms with Crippen molar-refractivity contribution >= 4 is 10.0 Å². The van der Waals surface area contributed by atoms with Gasteiger partial charge in [0.1, 0.15) is 6.61 Å². The summed E-state index contributed by atoms with van der Waals surface area (Å²) in [6, 6.07) is 4.93. The molecule has 5 heteroatoms. The molecule has 0 radical (unpaired) electrons. The van der Waals surface area contributed by atoms with Gasteiger partial charge in [-0.05, 0) is 49.4 Å². The van der Waals surface area contributed by atoms with Gasteiger partial charge in [0.15, 0.2) is 0 Å². The summed E-state index contributed by atoms with van der Waals surface area (Å²) in [6.07, 6.45) is 3.44. The molecule has 4 nitrogen and oxygen atoms in total. The van der Waals surface area contributed by atoms with E-state index in [1.165, 1.54) is 10.7 Å². The van der Waals surface area contributed by atoms with E-state index in [0.29, 0.717) is 17.4 Å². The molecule has 2 rings (SSSR count). The zero-order chi connectivity index (χ0) is 15.5. The molecule has 0 aromatic heterocycles. The Balaban J connectivity index is 2.21. The summed E-state index contributed by atoms with van der Waals surface area (Å²) in [5, 5.41) is 8.71. The average molecular weight is 307 g/mol. The van der Waals surface area contributed by atoms with Crippen LogP contribution in [0.25, 0.3) is 0 Å². The Morgan fingerprint density at radius 3 is 2.62 bits per heavy atom. The maximum absolute atomic E-state index is 12.5. The minimum absolute atomic E-state index is 0.205. The molecule has 0 spiro atoms.